The number of benzene rings is 3. The van der Waals surface area contributed by atoms with Crippen LogP contribution in [0.3, 0.4) is 0 Å². The van der Waals surface area contributed by atoms with Crippen molar-refractivity contribution < 1.29 is 19.1 Å². The number of hydrogen-bond acceptors (Lipinski definition) is 4. The summed E-state index contributed by atoms with van der Waals surface area (Å²) in [5.74, 6) is -0.882. The highest BCUT2D eigenvalue weighted by Gasteiger charge is 2.36. The number of imide groups is 2. The summed E-state index contributed by atoms with van der Waals surface area (Å²) in [7, 11) is 0. The van der Waals surface area contributed by atoms with Crippen LogP contribution in [0.4, 0.5) is 10.5 Å². The van der Waals surface area contributed by atoms with Gasteiger partial charge in [-0.1, -0.05) is 55.5 Å². The maximum absolute atomic E-state index is 13.2. The third kappa shape index (κ3) is 4.76. The van der Waals surface area contributed by atoms with Gasteiger partial charge in [0.1, 0.15) is 17.9 Å². The van der Waals surface area contributed by atoms with Gasteiger partial charge in [0, 0.05) is 5.56 Å². The standard InChI is InChI=1S/C28H26N2O4/c1-4-20-11-13-23(14-12-20)30-27(32)24(26(31)29-28(30)33)16-22-7-5-6-8-25(22)34-17-21-10-9-18(2)19(3)15-21/h5-16H,4,17H2,1-3H3,(H,29,31,33)/b24-16+. The molecule has 1 N–H and O–H groups in total. The lowest BCUT2D eigenvalue weighted by Crippen LogP contribution is -2.54. The van der Waals surface area contributed by atoms with Gasteiger partial charge < -0.3 is 4.74 Å². The first-order chi connectivity index (χ1) is 16.4. The van der Waals surface area contributed by atoms with Crippen molar-refractivity contribution in [3.63, 3.8) is 0 Å². The normalized spacial score (nSPS) is 15.0. The summed E-state index contributed by atoms with van der Waals surface area (Å²) in [6, 6.07) is 19.6. The molecule has 0 bridgehead atoms. The van der Waals surface area contributed by atoms with Crippen molar-refractivity contribution in [2.75, 3.05) is 4.90 Å². The van der Waals surface area contributed by atoms with Crippen LogP contribution in [0, 0.1) is 13.8 Å². The number of nitrogens with zero attached hydrogens (tertiary/aromatic N) is 1. The number of para-hydroxylation sites is 1. The lowest BCUT2D eigenvalue weighted by Gasteiger charge is -2.26. The topological polar surface area (TPSA) is 75.7 Å². The zero-order chi connectivity index (χ0) is 24.2. The number of hydrogen-bond donors (Lipinski definition) is 1. The van der Waals surface area contributed by atoms with E-state index in [0.29, 0.717) is 23.6 Å². The second kappa shape index (κ2) is 9.75. The third-order valence-corrected chi connectivity index (χ3v) is 5.89. The minimum Gasteiger partial charge on any atom is -0.488 e. The number of anilines is 1. The summed E-state index contributed by atoms with van der Waals surface area (Å²) < 4.78 is 6.02. The number of urea groups is 1. The number of amides is 4. The van der Waals surface area contributed by atoms with Crippen LogP contribution in [0.25, 0.3) is 6.08 Å². The van der Waals surface area contributed by atoms with Crippen LogP contribution in [-0.2, 0) is 22.6 Å². The predicted octanol–water partition coefficient (Wildman–Crippen LogP) is 5.11. The van der Waals surface area contributed by atoms with Gasteiger partial charge in [-0.2, -0.15) is 0 Å². The van der Waals surface area contributed by atoms with Crippen molar-refractivity contribution in [3.8, 4) is 5.75 Å². The van der Waals surface area contributed by atoms with E-state index in [0.717, 1.165) is 22.4 Å². The highest BCUT2D eigenvalue weighted by atomic mass is 16.5. The van der Waals surface area contributed by atoms with E-state index in [1.54, 1.807) is 30.3 Å². The Balaban J connectivity index is 1.62. The van der Waals surface area contributed by atoms with Crippen LogP contribution >= 0.6 is 0 Å². The van der Waals surface area contributed by atoms with E-state index in [4.69, 9.17) is 4.74 Å². The Labute approximate surface area is 198 Å². The number of barbiturate groups is 1. The SMILES string of the molecule is CCc1ccc(N2C(=O)NC(=O)/C(=C\c3ccccc3OCc3ccc(C)c(C)c3)C2=O)cc1. The van der Waals surface area contributed by atoms with Gasteiger partial charge in [0.05, 0.1) is 5.69 Å². The molecule has 0 radical (unpaired) electrons. The molecule has 0 atom stereocenters. The first-order valence-electron chi connectivity index (χ1n) is 11.2. The van der Waals surface area contributed by atoms with Crippen LogP contribution in [0.5, 0.6) is 5.75 Å². The number of carbonyl (C=O) groups is 3. The summed E-state index contributed by atoms with van der Waals surface area (Å²) >= 11 is 0. The Hall–Kier alpha value is -4.19. The molecule has 0 aromatic heterocycles. The molecular weight excluding hydrogens is 428 g/mol. The third-order valence-electron chi connectivity index (χ3n) is 5.89. The average molecular weight is 455 g/mol. The first-order valence-corrected chi connectivity index (χ1v) is 11.2. The van der Waals surface area contributed by atoms with E-state index in [9.17, 15) is 14.4 Å². The molecule has 1 aliphatic heterocycles. The molecule has 3 aromatic rings. The molecule has 4 amide bonds. The maximum Gasteiger partial charge on any atom is 0.335 e. The quantitative estimate of drug-likeness (QED) is 0.415. The van der Waals surface area contributed by atoms with E-state index in [-0.39, 0.29) is 5.57 Å². The van der Waals surface area contributed by atoms with Crippen molar-refractivity contribution >= 4 is 29.6 Å². The number of rotatable bonds is 6. The van der Waals surface area contributed by atoms with Gasteiger partial charge in [0.25, 0.3) is 11.8 Å². The molecule has 1 aliphatic rings. The molecule has 34 heavy (non-hydrogen) atoms. The minimum absolute atomic E-state index is 0.138. The fourth-order valence-electron chi connectivity index (χ4n) is 3.71. The molecule has 1 heterocycles. The molecule has 4 rings (SSSR count). The highest BCUT2D eigenvalue weighted by Crippen LogP contribution is 2.26. The van der Waals surface area contributed by atoms with Crippen LogP contribution < -0.4 is 15.0 Å². The maximum atomic E-state index is 13.2. The van der Waals surface area contributed by atoms with Gasteiger partial charge in [-0.05, 0) is 66.8 Å². The second-order valence-electron chi connectivity index (χ2n) is 8.22. The molecular formula is C28H26N2O4. The molecule has 1 saturated heterocycles. The lowest BCUT2D eigenvalue weighted by atomic mass is 10.1. The Morgan fingerprint density at radius 2 is 1.59 bits per heavy atom. The van der Waals surface area contributed by atoms with E-state index in [1.807, 2.05) is 44.2 Å². The van der Waals surface area contributed by atoms with Crippen LogP contribution in [0.15, 0.2) is 72.3 Å². The number of ether oxygens (including phenoxy) is 1. The highest BCUT2D eigenvalue weighted by molar-refractivity contribution is 6.39. The molecule has 0 spiro atoms. The molecule has 6 heteroatoms. The van der Waals surface area contributed by atoms with Crippen molar-refractivity contribution in [1.29, 1.82) is 0 Å². The zero-order valence-electron chi connectivity index (χ0n) is 19.4. The summed E-state index contributed by atoms with van der Waals surface area (Å²) in [5.41, 5.74) is 5.32. The lowest BCUT2D eigenvalue weighted by molar-refractivity contribution is -0.122. The molecule has 6 nitrogen and oxygen atoms in total. The van der Waals surface area contributed by atoms with Crippen LogP contribution in [-0.4, -0.2) is 17.8 Å². The van der Waals surface area contributed by atoms with E-state index in [2.05, 4.69) is 18.3 Å². The van der Waals surface area contributed by atoms with Crippen LogP contribution in [0.2, 0.25) is 0 Å². The van der Waals surface area contributed by atoms with Gasteiger partial charge in [-0.15, -0.1) is 0 Å². The smallest absolute Gasteiger partial charge is 0.335 e. The monoisotopic (exact) mass is 454 g/mol. The molecule has 0 unspecified atom stereocenters. The van der Waals surface area contributed by atoms with Crippen molar-refractivity contribution in [1.82, 2.24) is 5.32 Å². The summed E-state index contributed by atoms with van der Waals surface area (Å²) in [6.07, 6.45) is 2.30. The number of aryl methyl sites for hydroxylation is 3. The van der Waals surface area contributed by atoms with Gasteiger partial charge >= 0.3 is 6.03 Å². The summed E-state index contributed by atoms with van der Waals surface area (Å²) in [5, 5.41) is 2.26. The Morgan fingerprint density at radius 1 is 0.882 bits per heavy atom. The molecule has 0 aliphatic carbocycles. The van der Waals surface area contributed by atoms with E-state index < -0.39 is 17.8 Å². The summed E-state index contributed by atoms with van der Waals surface area (Å²) in [4.78, 5) is 39.2. The largest absolute Gasteiger partial charge is 0.488 e. The Morgan fingerprint density at radius 3 is 2.29 bits per heavy atom. The molecule has 3 aromatic carbocycles. The van der Waals surface area contributed by atoms with Gasteiger partial charge in [0.2, 0.25) is 0 Å². The van der Waals surface area contributed by atoms with Gasteiger partial charge in [-0.3, -0.25) is 14.9 Å². The summed E-state index contributed by atoms with van der Waals surface area (Å²) in [6.45, 7) is 6.47. The number of nitrogens with one attached hydrogen (secondary N) is 1. The average Bonchev–Trinajstić information content (AvgIpc) is 2.83. The predicted molar refractivity (Wildman–Crippen MR) is 132 cm³/mol. The fraction of sp³-hybridized carbons (Fsp3) is 0.179. The van der Waals surface area contributed by atoms with E-state index in [1.165, 1.54) is 17.2 Å². The van der Waals surface area contributed by atoms with Gasteiger partial charge in [-0.25, -0.2) is 9.69 Å². The minimum atomic E-state index is -0.768. The first kappa shape index (κ1) is 23.0. The van der Waals surface area contributed by atoms with Crippen molar-refractivity contribution in [3.05, 3.63) is 100 Å². The van der Waals surface area contributed by atoms with E-state index >= 15 is 0 Å². The van der Waals surface area contributed by atoms with Gasteiger partial charge in [0.15, 0.2) is 0 Å². The molecule has 0 saturated carbocycles. The molecule has 172 valence electrons. The second-order valence-corrected chi connectivity index (χ2v) is 8.22. The Kier molecular flexibility index (Phi) is 6.59. The fourth-order valence-corrected chi connectivity index (χ4v) is 3.71. The Bertz CT molecular complexity index is 1290. The zero-order valence-corrected chi connectivity index (χ0v) is 19.4. The number of carbonyl (C=O) groups excluding carboxylic acids is 3. The van der Waals surface area contributed by atoms with Crippen LogP contribution in [0.1, 0.15) is 34.7 Å². The van der Waals surface area contributed by atoms with Crippen molar-refractivity contribution in [2.24, 2.45) is 0 Å². The van der Waals surface area contributed by atoms with Crippen molar-refractivity contribution in [2.45, 2.75) is 33.8 Å². The molecule has 1 fully saturated rings.